The van der Waals surface area contributed by atoms with Crippen molar-refractivity contribution < 1.29 is 14.3 Å². The van der Waals surface area contributed by atoms with Crippen LogP contribution in [0.1, 0.15) is 48.0 Å². The Labute approximate surface area is 169 Å². The zero-order valence-corrected chi connectivity index (χ0v) is 16.4. The first-order valence-corrected chi connectivity index (χ1v) is 10.1. The number of nitrogens with one attached hydrogen (secondary N) is 1. The van der Waals surface area contributed by atoms with E-state index in [4.69, 9.17) is 16.3 Å². The molecule has 5 nitrogen and oxygen atoms in total. The lowest BCUT2D eigenvalue weighted by Gasteiger charge is -2.33. The molecule has 1 saturated carbocycles. The summed E-state index contributed by atoms with van der Waals surface area (Å²) in [6.45, 7) is 0.573. The van der Waals surface area contributed by atoms with Crippen molar-refractivity contribution in [2.45, 2.75) is 44.7 Å². The van der Waals surface area contributed by atoms with E-state index in [1.165, 1.54) is 6.42 Å². The molecule has 0 saturated heterocycles. The van der Waals surface area contributed by atoms with Crippen molar-refractivity contribution >= 4 is 29.1 Å². The van der Waals surface area contributed by atoms with Crippen LogP contribution >= 0.6 is 11.6 Å². The van der Waals surface area contributed by atoms with Gasteiger partial charge in [0.1, 0.15) is 5.75 Å². The number of halogens is 1. The second-order valence-corrected chi connectivity index (χ2v) is 7.77. The van der Waals surface area contributed by atoms with Gasteiger partial charge in [-0.05, 0) is 43.2 Å². The van der Waals surface area contributed by atoms with Gasteiger partial charge in [0.2, 0.25) is 0 Å². The molecule has 1 fully saturated rings. The predicted octanol–water partition coefficient (Wildman–Crippen LogP) is 4.65. The third-order valence-corrected chi connectivity index (χ3v) is 5.79. The lowest BCUT2D eigenvalue weighted by Crippen LogP contribution is -2.42. The Hall–Kier alpha value is -2.53. The lowest BCUT2D eigenvalue weighted by molar-refractivity contribution is -0.136. The molecule has 1 aliphatic heterocycles. The quantitative estimate of drug-likeness (QED) is 0.818. The summed E-state index contributed by atoms with van der Waals surface area (Å²) in [5.74, 6) is 0.465. The third-order valence-electron chi connectivity index (χ3n) is 5.46. The normalized spacial score (nSPS) is 17.5. The Morgan fingerprint density at radius 1 is 1.11 bits per heavy atom. The highest BCUT2D eigenvalue weighted by Gasteiger charge is 2.29. The number of carbonyl (C=O) groups is 2. The Morgan fingerprint density at radius 3 is 2.68 bits per heavy atom. The summed E-state index contributed by atoms with van der Waals surface area (Å²) in [6, 6.07) is 12.7. The van der Waals surface area contributed by atoms with Gasteiger partial charge >= 0.3 is 0 Å². The van der Waals surface area contributed by atoms with Crippen molar-refractivity contribution in [2.75, 3.05) is 11.9 Å². The van der Waals surface area contributed by atoms with Crippen LogP contribution in [-0.2, 0) is 11.3 Å². The fraction of sp³-hybridized carbons (Fsp3) is 0.364. The fourth-order valence-corrected chi connectivity index (χ4v) is 4.21. The highest BCUT2D eigenvalue weighted by molar-refractivity contribution is 6.34. The Morgan fingerprint density at radius 2 is 1.89 bits per heavy atom. The van der Waals surface area contributed by atoms with Crippen LogP contribution in [0.4, 0.5) is 5.69 Å². The molecule has 1 aliphatic carbocycles. The van der Waals surface area contributed by atoms with Crippen LogP contribution in [0.25, 0.3) is 0 Å². The molecule has 2 amide bonds. The minimum atomic E-state index is -0.264. The molecule has 28 heavy (non-hydrogen) atoms. The molecule has 0 spiro atoms. The maximum absolute atomic E-state index is 12.6. The fourth-order valence-electron chi connectivity index (χ4n) is 3.98. The number of amides is 2. The Bertz CT molecular complexity index is 893. The minimum absolute atomic E-state index is 0.0322. The third kappa shape index (κ3) is 3.99. The smallest absolute Gasteiger partial charge is 0.261 e. The van der Waals surface area contributed by atoms with E-state index in [1.54, 1.807) is 30.3 Å². The first kappa shape index (κ1) is 18.8. The summed E-state index contributed by atoms with van der Waals surface area (Å²) >= 11 is 6.12. The molecular formula is C22H23ClN2O3. The average Bonchev–Trinajstić information content (AvgIpc) is 2.88. The van der Waals surface area contributed by atoms with E-state index >= 15 is 0 Å². The van der Waals surface area contributed by atoms with Crippen molar-refractivity contribution in [1.29, 1.82) is 0 Å². The van der Waals surface area contributed by atoms with E-state index in [9.17, 15) is 9.59 Å². The minimum Gasteiger partial charge on any atom is -0.483 e. The number of ether oxygens (including phenoxy) is 1. The summed E-state index contributed by atoms with van der Waals surface area (Å²) in [4.78, 5) is 27.1. The molecule has 2 aliphatic rings. The van der Waals surface area contributed by atoms with Gasteiger partial charge in [-0.1, -0.05) is 43.0 Å². The topological polar surface area (TPSA) is 58.6 Å². The zero-order valence-electron chi connectivity index (χ0n) is 15.6. The molecule has 146 valence electrons. The molecule has 2 aromatic rings. The van der Waals surface area contributed by atoms with E-state index in [0.717, 1.165) is 31.2 Å². The SMILES string of the molecule is O=C(Nc1ccc2c(c1)CN(C1CCCCC1)C(=O)CO2)c1ccccc1Cl. The number of rotatable bonds is 3. The van der Waals surface area contributed by atoms with E-state index in [1.807, 2.05) is 17.0 Å². The molecule has 0 atom stereocenters. The molecule has 1 heterocycles. The van der Waals surface area contributed by atoms with E-state index in [-0.39, 0.29) is 24.5 Å². The number of anilines is 1. The van der Waals surface area contributed by atoms with E-state index in [2.05, 4.69) is 5.32 Å². The van der Waals surface area contributed by atoms with Gasteiger partial charge in [-0.15, -0.1) is 0 Å². The van der Waals surface area contributed by atoms with E-state index < -0.39 is 0 Å². The van der Waals surface area contributed by atoms with Crippen LogP contribution in [0.2, 0.25) is 5.02 Å². The predicted molar refractivity (Wildman–Crippen MR) is 109 cm³/mol. The molecule has 0 unspecified atom stereocenters. The van der Waals surface area contributed by atoms with Gasteiger partial charge in [-0.25, -0.2) is 0 Å². The van der Waals surface area contributed by atoms with Gasteiger partial charge in [0.25, 0.3) is 11.8 Å². The van der Waals surface area contributed by atoms with Crippen molar-refractivity contribution in [3.05, 3.63) is 58.6 Å². The maximum atomic E-state index is 12.6. The number of hydrogen-bond acceptors (Lipinski definition) is 3. The average molecular weight is 399 g/mol. The number of carbonyl (C=O) groups excluding carboxylic acids is 2. The van der Waals surface area contributed by atoms with Crippen LogP contribution < -0.4 is 10.1 Å². The van der Waals surface area contributed by atoms with Crippen molar-refractivity contribution in [3.63, 3.8) is 0 Å². The van der Waals surface area contributed by atoms with Gasteiger partial charge in [0, 0.05) is 23.8 Å². The summed E-state index contributed by atoms with van der Waals surface area (Å²) in [5, 5.41) is 3.30. The number of nitrogens with zero attached hydrogens (tertiary/aromatic N) is 1. The molecule has 0 aromatic heterocycles. The first-order chi connectivity index (χ1) is 13.6. The highest BCUT2D eigenvalue weighted by Crippen LogP contribution is 2.31. The van der Waals surface area contributed by atoms with Gasteiger partial charge < -0.3 is 15.0 Å². The van der Waals surface area contributed by atoms with Crippen LogP contribution in [0.15, 0.2) is 42.5 Å². The molecular weight excluding hydrogens is 376 g/mol. The van der Waals surface area contributed by atoms with Gasteiger partial charge in [-0.3, -0.25) is 9.59 Å². The standard InChI is InChI=1S/C22H23ClN2O3/c23-19-9-5-4-8-18(19)22(27)24-16-10-11-20-15(12-16)13-25(21(26)14-28-20)17-6-2-1-3-7-17/h4-5,8-12,17H,1-3,6-7,13-14H2,(H,24,27). The van der Waals surface area contributed by atoms with Gasteiger partial charge in [-0.2, -0.15) is 0 Å². The molecule has 0 radical (unpaired) electrons. The molecule has 6 heteroatoms. The van der Waals surface area contributed by atoms with Crippen molar-refractivity contribution in [1.82, 2.24) is 4.90 Å². The number of fused-ring (bicyclic) bond motifs is 1. The summed E-state index contributed by atoms with van der Waals surface area (Å²) in [5.41, 5.74) is 1.99. The maximum Gasteiger partial charge on any atom is 0.261 e. The highest BCUT2D eigenvalue weighted by atomic mass is 35.5. The Balaban J connectivity index is 1.55. The monoisotopic (exact) mass is 398 g/mol. The lowest BCUT2D eigenvalue weighted by atomic mass is 9.93. The van der Waals surface area contributed by atoms with Crippen LogP contribution in [0.3, 0.4) is 0 Å². The van der Waals surface area contributed by atoms with Gasteiger partial charge in [0.15, 0.2) is 6.61 Å². The van der Waals surface area contributed by atoms with Crippen LogP contribution in [-0.4, -0.2) is 29.4 Å². The number of hydrogen-bond donors (Lipinski definition) is 1. The molecule has 2 aromatic carbocycles. The Kier molecular flexibility index (Phi) is 5.53. The number of benzene rings is 2. The van der Waals surface area contributed by atoms with Crippen LogP contribution in [0.5, 0.6) is 5.75 Å². The van der Waals surface area contributed by atoms with Crippen molar-refractivity contribution in [3.8, 4) is 5.75 Å². The summed E-state index contributed by atoms with van der Waals surface area (Å²) < 4.78 is 5.72. The summed E-state index contributed by atoms with van der Waals surface area (Å²) in [6.07, 6.45) is 5.66. The molecule has 4 rings (SSSR count). The molecule has 1 N–H and O–H groups in total. The zero-order chi connectivity index (χ0) is 19.5. The summed E-state index contributed by atoms with van der Waals surface area (Å²) in [7, 11) is 0. The second-order valence-electron chi connectivity index (χ2n) is 7.36. The van der Waals surface area contributed by atoms with Crippen LogP contribution in [0, 0.1) is 0 Å². The first-order valence-electron chi connectivity index (χ1n) is 9.73. The molecule has 0 bridgehead atoms. The second kappa shape index (κ2) is 8.23. The van der Waals surface area contributed by atoms with Crippen molar-refractivity contribution in [2.24, 2.45) is 0 Å². The largest absolute Gasteiger partial charge is 0.483 e. The van der Waals surface area contributed by atoms with E-state index in [0.29, 0.717) is 28.6 Å². The van der Waals surface area contributed by atoms with Gasteiger partial charge in [0.05, 0.1) is 10.6 Å².